The molecule has 0 aromatic carbocycles. The molecular formula is C17H27N3O. The molecular weight excluding hydrogens is 262 g/mol. The molecule has 4 heteroatoms. The van der Waals surface area contributed by atoms with Gasteiger partial charge in [0.25, 0.3) is 0 Å². The van der Waals surface area contributed by atoms with Crippen molar-refractivity contribution >= 4 is 0 Å². The molecule has 3 aliphatic rings. The second-order valence-corrected chi connectivity index (χ2v) is 6.85. The number of ether oxygens (including phenoxy) is 1. The summed E-state index contributed by atoms with van der Waals surface area (Å²) >= 11 is 0. The molecule has 1 atom stereocenters. The highest BCUT2D eigenvalue weighted by molar-refractivity contribution is 5.22. The third kappa shape index (κ3) is 2.76. The minimum atomic E-state index is 0.487. The number of nitrogens with one attached hydrogen (secondary N) is 1. The molecule has 1 N–H and O–H groups in total. The predicted molar refractivity (Wildman–Crippen MR) is 82.4 cm³/mol. The lowest BCUT2D eigenvalue weighted by Crippen LogP contribution is -2.25. The van der Waals surface area contributed by atoms with E-state index in [1.165, 1.54) is 55.7 Å². The van der Waals surface area contributed by atoms with Gasteiger partial charge in [0.2, 0.25) is 0 Å². The fourth-order valence-electron chi connectivity index (χ4n) is 4.28. The third-order valence-electron chi connectivity index (χ3n) is 5.44. The van der Waals surface area contributed by atoms with Crippen molar-refractivity contribution in [3.05, 3.63) is 17.2 Å². The minimum Gasteiger partial charge on any atom is -0.378 e. The molecule has 21 heavy (non-hydrogen) atoms. The van der Waals surface area contributed by atoms with Crippen molar-refractivity contribution in [1.82, 2.24) is 14.9 Å². The third-order valence-corrected chi connectivity index (χ3v) is 5.44. The van der Waals surface area contributed by atoms with E-state index in [4.69, 9.17) is 9.72 Å². The van der Waals surface area contributed by atoms with Gasteiger partial charge in [-0.1, -0.05) is 12.8 Å². The van der Waals surface area contributed by atoms with Crippen molar-refractivity contribution in [3.63, 3.8) is 0 Å². The van der Waals surface area contributed by atoms with Crippen molar-refractivity contribution in [2.24, 2.45) is 0 Å². The van der Waals surface area contributed by atoms with E-state index >= 15 is 0 Å². The summed E-state index contributed by atoms with van der Waals surface area (Å²) in [4.78, 5) is 5.04. The molecule has 3 heterocycles. The molecule has 0 spiro atoms. The van der Waals surface area contributed by atoms with Crippen LogP contribution < -0.4 is 5.32 Å². The molecule has 0 amide bonds. The van der Waals surface area contributed by atoms with Gasteiger partial charge >= 0.3 is 0 Å². The number of aromatic nitrogens is 2. The average molecular weight is 289 g/mol. The van der Waals surface area contributed by atoms with Gasteiger partial charge in [0.1, 0.15) is 5.82 Å². The average Bonchev–Trinajstić information content (AvgIpc) is 3.25. The van der Waals surface area contributed by atoms with E-state index in [1.54, 1.807) is 0 Å². The number of imidazole rings is 1. The Balaban J connectivity index is 1.57. The summed E-state index contributed by atoms with van der Waals surface area (Å²) in [7, 11) is 0. The molecule has 1 unspecified atom stereocenters. The first-order chi connectivity index (χ1) is 10.4. The lowest BCUT2D eigenvalue weighted by molar-refractivity contribution is 0.0998. The summed E-state index contributed by atoms with van der Waals surface area (Å²) in [5, 5.41) is 3.47. The van der Waals surface area contributed by atoms with Crippen molar-refractivity contribution in [1.29, 1.82) is 0 Å². The molecule has 2 fully saturated rings. The Bertz CT molecular complexity index is 484. The van der Waals surface area contributed by atoms with Crippen LogP contribution in [0.15, 0.2) is 0 Å². The van der Waals surface area contributed by atoms with Crippen LogP contribution >= 0.6 is 0 Å². The van der Waals surface area contributed by atoms with Crippen molar-refractivity contribution in [2.75, 3.05) is 13.2 Å². The van der Waals surface area contributed by atoms with Crippen LogP contribution in [0.2, 0.25) is 0 Å². The normalized spacial score (nSPS) is 26.4. The topological polar surface area (TPSA) is 39.1 Å². The molecule has 1 aromatic rings. The Labute approximate surface area is 127 Å². The van der Waals surface area contributed by atoms with Crippen LogP contribution in [0.1, 0.15) is 68.1 Å². The van der Waals surface area contributed by atoms with E-state index in [-0.39, 0.29) is 0 Å². The number of fused-ring (bicyclic) bond motifs is 1. The number of hydrogen-bond donors (Lipinski definition) is 1. The lowest BCUT2D eigenvalue weighted by Gasteiger charge is -2.19. The van der Waals surface area contributed by atoms with Gasteiger partial charge in [-0.05, 0) is 32.1 Å². The van der Waals surface area contributed by atoms with Gasteiger partial charge in [0.05, 0.1) is 11.8 Å². The Hall–Kier alpha value is -0.870. The SMILES string of the molecule is C1COC(CCn2c(C3CCCC3)nc3c2CCNC3)C1. The monoisotopic (exact) mass is 289 g/mol. The first-order valence-electron chi connectivity index (χ1n) is 8.82. The Kier molecular flexibility index (Phi) is 3.99. The van der Waals surface area contributed by atoms with E-state index < -0.39 is 0 Å². The molecule has 1 saturated heterocycles. The lowest BCUT2D eigenvalue weighted by atomic mass is 10.1. The van der Waals surface area contributed by atoms with Crippen LogP contribution in [0.5, 0.6) is 0 Å². The molecule has 1 saturated carbocycles. The largest absolute Gasteiger partial charge is 0.378 e. The first kappa shape index (κ1) is 13.8. The molecule has 1 aliphatic carbocycles. The Morgan fingerprint density at radius 2 is 2.10 bits per heavy atom. The molecule has 0 radical (unpaired) electrons. The maximum Gasteiger partial charge on any atom is 0.112 e. The van der Waals surface area contributed by atoms with E-state index in [9.17, 15) is 0 Å². The van der Waals surface area contributed by atoms with Gasteiger partial charge in [-0.15, -0.1) is 0 Å². The molecule has 4 nitrogen and oxygen atoms in total. The highest BCUT2D eigenvalue weighted by atomic mass is 16.5. The second-order valence-electron chi connectivity index (χ2n) is 6.85. The van der Waals surface area contributed by atoms with E-state index in [2.05, 4.69) is 9.88 Å². The fraction of sp³-hybridized carbons (Fsp3) is 0.824. The Morgan fingerprint density at radius 1 is 1.19 bits per heavy atom. The van der Waals surface area contributed by atoms with Gasteiger partial charge < -0.3 is 14.6 Å². The maximum absolute atomic E-state index is 5.81. The van der Waals surface area contributed by atoms with Gasteiger partial charge in [0, 0.05) is 44.3 Å². The van der Waals surface area contributed by atoms with Gasteiger partial charge in [0.15, 0.2) is 0 Å². The summed E-state index contributed by atoms with van der Waals surface area (Å²) in [6, 6.07) is 0. The standard InChI is InChI=1S/C17H27N3O/c1-2-5-13(4-1)17-19-15-12-18-9-7-16(15)20(17)10-8-14-6-3-11-21-14/h13-14,18H,1-12H2. The van der Waals surface area contributed by atoms with Crippen LogP contribution in [0.4, 0.5) is 0 Å². The molecule has 116 valence electrons. The Morgan fingerprint density at radius 3 is 2.90 bits per heavy atom. The highest BCUT2D eigenvalue weighted by Crippen LogP contribution is 2.35. The number of nitrogens with zero attached hydrogens (tertiary/aromatic N) is 2. The van der Waals surface area contributed by atoms with Crippen LogP contribution in [-0.2, 0) is 24.2 Å². The summed E-state index contributed by atoms with van der Waals surface area (Å²) < 4.78 is 8.39. The zero-order chi connectivity index (χ0) is 14.1. The summed E-state index contributed by atoms with van der Waals surface area (Å²) in [6.45, 7) is 4.13. The molecule has 4 rings (SSSR count). The van der Waals surface area contributed by atoms with Gasteiger partial charge in [-0.25, -0.2) is 4.98 Å². The fourth-order valence-corrected chi connectivity index (χ4v) is 4.28. The van der Waals surface area contributed by atoms with E-state index in [0.29, 0.717) is 12.0 Å². The number of hydrogen-bond acceptors (Lipinski definition) is 3. The summed E-state index contributed by atoms with van der Waals surface area (Å²) in [5.74, 6) is 2.10. The van der Waals surface area contributed by atoms with E-state index in [1.807, 2.05) is 0 Å². The van der Waals surface area contributed by atoms with E-state index in [0.717, 1.165) is 39.1 Å². The summed E-state index contributed by atoms with van der Waals surface area (Å²) in [6.07, 6.45) is 10.7. The van der Waals surface area contributed by atoms with Crippen molar-refractivity contribution < 1.29 is 4.74 Å². The molecule has 1 aromatic heterocycles. The summed E-state index contributed by atoms with van der Waals surface area (Å²) in [5.41, 5.74) is 2.82. The second kappa shape index (κ2) is 6.09. The number of rotatable bonds is 4. The van der Waals surface area contributed by atoms with Crippen molar-refractivity contribution in [3.8, 4) is 0 Å². The molecule has 0 bridgehead atoms. The van der Waals surface area contributed by atoms with Crippen LogP contribution in [0, 0.1) is 0 Å². The minimum absolute atomic E-state index is 0.487. The zero-order valence-corrected chi connectivity index (χ0v) is 12.9. The highest BCUT2D eigenvalue weighted by Gasteiger charge is 2.27. The van der Waals surface area contributed by atoms with Gasteiger partial charge in [-0.2, -0.15) is 0 Å². The smallest absolute Gasteiger partial charge is 0.112 e. The maximum atomic E-state index is 5.81. The van der Waals surface area contributed by atoms with Crippen LogP contribution in [-0.4, -0.2) is 28.8 Å². The molecule has 2 aliphatic heterocycles. The van der Waals surface area contributed by atoms with Crippen LogP contribution in [0.25, 0.3) is 0 Å². The predicted octanol–water partition coefficient (Wildman–Crippen LogP) is 2.76. The van der Waals surface area contributed by atoms with Gasteiger partial charge in [-0.3, -0.25) is 0 Å². The zero-order valence-electron chi connectivity index (χ0n) is 12.9. The quantitative estimate of drug-likeness (QED) is 0.926. The van der Waals surface area contributed by atoms with Crippen molar-refractivity contribution in [2.45, 2.75) is 76.5 Å². The van der Waals surface area contributed by atoms with Crippen LogP contribution in [0.3, 0.4) is 0 Å². The first-order valence-corrected chi connectivity index (χ1v) is 8.82.